The molecular weight excluding hydrogens is 369 g/mol. The van der Waals surface area contributed by atoms with E-state index in [9.17, 15) is 4.79 Å². The molecule has 0 atom stereocenters. The van der Waals surface area contributed by atoms with Crippen LogP contribution in [0.2, 0.25) is 10.0 Å². The van der Waals surface area contributed by atoms with Crippen LogP contribution in [0.15, 0.2) is 41.9 Å². The van der Waals surface area contributed by atoms with Gasteiger partial charge in [0.05, 0.1) is 17.8 Å². The number of carbonyl (C=O) groups is 1. The van der Waals surface area contributed by atoms with Crippen LogP contribution in [-0.2, 0) is 0 Å². The molecule has 2 heterocycles. The highest BCUT2D eigenvalue weighted by Crippen LogP contribution is 2.31. The normalized spacial score (nSPS) is 10.5. The Bertz CT molecular complexity index is 899. The van der Waals surface area contributed by atoms with E-state index >= 15 is 0 Å². The summed E-state index contributed by atoms with van der Waals surface area (Å²) in [6.45, 7) is 0. The molecule has 0 radical (unpaired) electrons. The molecule has 24 heavy (non-hydrogen) atoms. The second kappa shape index (κ2) is 7.17. The highest BCUT2D eigenvalue weighted by Gasteiger charge is 2.12. The Hall–Kier alpha value is -2.15. The molecule has 1 N–H and O–H groups in total. The number of anilines is 1. The van der Waals surface area contributed by atoms with Crippen LogP contribution in [0.5, 0.6) is 5.75 Å². The molecule has 3 rings (SSSR count). The van der Waals surface area contributed by atoms with Crippen molar-refractivity contribution < 1.29 is 9.53 Å². The number of methoxy groups -OCH3 is 1. The van der Waals surface area contributed by atoms with Gasteiger partial charge in [0.2, 0.25) is 0 Å². The Kier molecular flexibility index (Phi) is 4.99. The Morgan fingerprint density at radius 3 is 2.79 bits per heavy atom. The highest BCUT2D eigenvalue weighted by atomic mass is 35.5. The smallest absolute Gasteiger partial charge is 0.276 e. The number of nitrogens with zero attached hydrogens (tertiary/aromatic N) is 2. The Morgan fingerprint density at radius 1 is 1.25 bits per heavy atom. The minimum absolute atomic E-state index is 0.228. The summed E-state index contributed by atoms with van der Waals surface area (Å²) in [5.74, 6) is 0.224. The van der Waals surface area contributed by atoms with Crippen molar-refractivity contribution in [3.05, 3.63) is 57.6 Å². The minimum atomic E-state index is -0.369. The van der Waals surface area contributed by atoms with Crippen LogP contribution in [0.3, 0.4) is 0 Å². The van der Waals surface area contributed by atoms with Crippen LogP contribution < -0.4 is 10.1 Å². The number of ether oxygens (including phenoxy) is 1. The molecule has 1 aromatic carbocycles. The van der Waals surface area contributed by atoms with Gasteiger partial charge in [0.25, 0.3) is 5.91 Å². The van der Waals surface area contributed by atoms with Crippen molar-refractivity contribution in [2.75, 3.05) is 12.4 Å². The van der Waals surface area contributed by atoms with Crippen molar-refractivity contribution in [3.63, 3.8) is 0 Å². The van der Waals surface area contributed by atoms with Gasteiger partial charge in [0.15, 0.2) is 5.13 Å². The van der Waals surface area contributed by atoms with Gasteiger partial charge in [-0.25, -0.2) is 4.98 Å². The molecule has 0 aliphatic carbocycles. The van der Waals surface area contributed by atoms with Crippen LogP contribution >= 0.6 is 34.5 Å². The summed E-state index contributed by atoms with van der Waals surface area (Å²) in [7, 11) is 1.56. The number of rotatable bonds is 4. The van der Waals surface area contributed by atoms with Gasteiger partial charge in [-0.1, -0.05) is 23.2 Å². The number of hydrogen-bond donors (Lipinski definition) is 1. The number of nitrogens with one attached hydrogen (secondary N) is 1. The van der Waals surface area contributed by atoms with Crippen LogP contribution in [0.25, 0.3) is 11.3 Å². The SMILES string of the molecule is COc1ccc(-c2csc(NC(=O)c3cc(Cl)ccn3)n2)cc1Cl. The average molecular weight is 380 g/mol. The summed E-state index contributed by atoms with van der Waals surface area (Å²) in [6.07, 6.45) is 1.48. The summed E-state index contributed by atoms with van der Waals surface area (Å²) in [5, 5.41) is 5.94. The molecule has 5 nitrogen and oxygen atoms in total. The fraction of sp³-hybridized carbons (Fsp3) is 0.0625. The largest absolute Gasteiger partial charge is 0.495 e. The molecule has 122 valence electrons. The molecule has 0 aliphatic heterocycles. The van der Waals surface area contributed by atoms with E-state index in [1.807, 2.05) is 11.4 Å². The van der Waals surface area contributed by atoms with Crippen molar-refractivity contribution in [1.82, 2.24) is 9.97 Å². The van der Waals surface area contributed by atoms with Gasteiger partial charge >= 0.3 is 0 Å². The molecule has 8 heteroatoms. The number of amides is 1. The van der Waals surface area contributed by atoms with Crippen molar-refractivity contribution in [2.24, 2.45) is 0 Å². The van der Waals surface area contributed by atoms with E-state index in [2.05, 4.69) is 15.3 Å². The number of hydrogen-bond acceptors (Lipinski definition) is 5. The van der Waals surface area contributed by atoms with Gasteiger partial charge in [-0.2, -0.15) is 0 Å². The topological polar surface area (TPSA) is 64.1 Å². The molecule has 3 aromatic rings. The molecule has 0 spiro atoms. The van der Waals surface area contributed by atoms with E-state index in [-0.39, 0.29) is 11.6 Å². The molecule has 0 fully saturated rings. The Balaban J connectivity index is 1.78. The molecule has 0 saturated heterocycles. The van der Waals surface area contributed by atoms with Crippen molar-refractivity contribution in [1.29, 1.82) is 0 Å². The summed E-state index contributed by atoms with van der Waals surface area (Å²) in [4.78, 5) is 20.5. The third-order valence-corrected chi connectivity index (χ3v) is 4.42. The lowest BCUT2D eigenvalue weighted by Gasteiger charge is -2.04. The van der Waals surface area contributed by atoms with E-state index in [4.69, 9.17) is 27.9 Å². The van der Waals surface area contributed by atoms with Crippen molar-refractivity contribution in [2.45, 2.75) is 0 Å². The number of thiazole rings is 1. The first kappa shape index (κ1) is 16.7. The minimum Gasteiger partial charge on any atom is -0.495 e. The fourth-order valence-corrected chi connectivity index (χ4v) is 3.11. The number of halogens is 2. The summed E-state index contributed by atoms with van der Waals surface area (Å²) >= 11 is 13.3. The van der Waals surface area contributed by atoms with E-state index in [1.54, 1.807) is 25.3 Å². The van der Waals surface area contributed by atoms with Crippen LogP contribution in [-0.4, -0.2) is 23.0 Å². The van der Waals surface area contributed by atoms with Gasteiger partial charge in [-0.05, 0) is 30.3 Å². The quantitative estimate of drug-likeness (QED) is 0.708. The van der Waals surface area contributed by atoms with Crippen LogP contribution in [0, 0.1) is 0 Å². The molecule has 1 amide bonds. The number of aromatic nitrogens is 2. The monoisotopic (exact) mass is 379 g/mol. The first-order chi connectivity index (χ1) is 11.6. The Labute approximate surface area is 152 Å². The Morgan fingerprint density at radius 2 is 2.08 bits per heavy atom. The summed E-state index contributed by atoms with van der Waals surface area (Å²) in [6, 6.07) is 8.48. The lowest BCUT2D eigenvalue weighted by Crippen LogP contribution is -2.13. The standard InChI is InChI=1S/C16H11Cl2N3O2S/c1-23-14-3-2-9(6-11(14)18)13-8-24-16(20-13)21-15(22)12-7-10(17)4-5-19-12/h2-8H,1H3,(H,20,21,22). The number of benzene rings is 1. The highest BCUT2D eigenvalue weighted by molar-refractivity contribution is 7.14. The third kappa shape index (κ3) is 3.67. The van der Waals surface area contributed by atoms with Crippen LogP contribution in [0.1, 0.15) is 10.5 Å². The maximum Gasteiger partial charge on any atom is 0.276 e. The van der Waals surface area contributed by atoms with Crippen molar-refractivity contribution in [3.8, 4) is 17.0 Å². The van der Waals surface area contributed by atoms with E-state index in [0.717, 1.165) is 5.56 Å². The van der Waals surface area contributed by atoms with E-state index in [1.165, 1.54) is 23.6 Å². The van der Waals surface area contributed by atoms with Crippen LogP contribution in [0.4, 0.5) is 5.13 Å². The molecular formula is C16H11Cl2N3O2S. The first-order valence-corrected chi connectivity index (χ1v) is 8.42. The van der Waals surface area contributed by atoms with Gasteiger partial charge < -0.3 is 4.74 Å². The predicted molar refractivity (Wildman–Crippen MR) is 96.3 cm³/mol. The summed E-state index contributed by atoms with van der Waals surface area (Å²) < 4.78 is 5.13. The van der Waals surface area contributed by atoms with Gasteiger partial charge in [-0.3, -0.25) is 15.1 Å². The lowest BCUT2D eigenvalue weighted by atomic mass is 10.2. The molecule has 0 bridgehead atoms. The number of pyridine rings is 1. The van der Waals surface area contributed by atoms with Crippen molar-refractivity contribution >= 4 is 45.6 Å². The second-order valence-electron chi connectivity index (χ2n) is 4.70. The van der Waals surface area contributed by atoms with E-state index in [0.29, 0.717) is 26.6 Å². The first-order valence-electron chi connectivity index (χ1n) is 6.79. The molecule has 0 unspecified atom stereocenters. The maximum atomic E-state index is 12.1. The zero-order valence-electron chi connectivity index (χ0n) is 12.4. The fourth-order valence-electron chi connectivity index (χ4n) is 1.98. The predicted octanol–water partition coefficient (Wildman–Crippen LogP) is 4.77. The lowest BCUT2D eigenvalue weighted by molar-refractivity contribution is 0.102. The molecule has 0 saturated carbocycles. The molecule has 2 aromatic heterocycles. The maximum absolute atomic E-state index is 12.1. The zero-order chi connectivity index (χ0) is 17.1. The second-order valence-corrected chi connectivity index (χ2v) is 6.40. The van der Waals surface area contributed by atoms with Gasteiger partial charge in [0.1, 0.15) is 11.4 Å². The zero-order valence-corrected chi connectivity index (χ0v) is 14.7. The average Bonchev–Trinajstić information content (AvgIpc) is 3.03. The van der Waals surface area contributed by atoms with Gasteiger partial charge in [0, 0.05) is 22.2 Å². The van der Waals surface area contributed by atoms with Gasteiger partial charge in [-0.15, -0.1) is 11.3 Å². The third-order valence-electron chi connectivity index (χ3n) is 3.13. The number of carbonyl (C=O) groups excluding carboxylic acids is 1. The van der Waals surface area contributed by atoms with E-state index < -0.39 is 0 Å². The summed E-state index contributed by atoms with van der Waals surface area (Å²) in [5.41, 5.74) is 1.77. The molecule has 0 aliphatic rings.